The fourth-order valence-corrected chi connectivity index (χ4v) is 5.30. The van der Waals surface area contributed by atoms with Crippen molar-refractivity contribution in [3.63, 3.8) is 0 Å². The lowest BCUT2D eigenvalue weighted by molar-refractivity contribution is -0.137. The smallest absolute Gasteiger partial charge is 0.325 e. The first-order chi connectivity index (χ1) is 14.8. The van der Waals surface area contributed by atoms with Crippen LogP contribution in [0.1, 0.15) is 30.8 Å². The summed E-state index contributed by atoms with van der Waals surface area (Å²) in [7, 11) is -4.07. The van der Waals surface area contributed by atoms with Crippen LogP contribution in [0.5, 0.6) is 0 Å². The molecule has 1 heterocycles. The number of nitrogens with zero attached hydrogens (tertiary/aromatic N) is 1. The number of nitrogens with one attached hydrogen (secondary N) is 2. The van der Waals surface area contributed by atoms with E-state index < -0.39 is 33.7 Å². The van der Waals surface area contributed by atoms with Gasteiger partial charge in [-0.2, -0.15) is 17.9 Å². The second-order valence-electron chi connectivity index (χ2n) is 7.73. The Morgan fingerprint density at radius 3 is 2.53 bits per heavy atom. The summed E-state index contributed by atoms with van der Waals surface area (Å²) in [5.41, 5.74) is -0.309. The number of benzene rings is 2. The number of rotatable bonds is 7. The molecule has 0 radical (unpaired) electrons. The standard InChI is InChI=1S/C21H22F3N3O3S2/c1-12(2)9-18(20(28)26-15-6-4-5-14(10-15)21(22,23)24)27-32(29,30)16-7-8-17-19(11-16)31-13(3)25-17/h4-8,10-12,18,27H,9H2,1-3H3,(H,26,28). The van der Waals surface area contributed by atoms with Gasteiger partial charge in [0.2, 0.25) is 15.9 Å². The van der Waals surface area contributed by atoms with Gasteiger partial charge in [0.05, 0.1) is 25.7 Å². The van der Waals surface area contributed by atoms with Gasteiger partial charge in [0.25, 0.3) is 0 Å². The molecular formula is C21H22F3N3O3S2. The van der Waals surface area contributed by atoms with Crippen LogP contribution in [0.15, 0.2) is 47.4 Å². The Labute approximate surface area is 187 Å². The molecule has 32 heavy (non-hydrogen) atoms. The number of fused-ring (bicyclic) bond motifs is 1. The highest BCUT2D eigenvalue weighted by atomic mass is 32.2. The Morgan fingerprint density at radius 2 is 1.88 bits per heavy atom. The molecule has 0 aliphatic carbocycles. The fourth-order valence-electron chi connectivity index (χ4n) is 3.13. The summed E-state index contributed by atoms with van der Waals surface area (Å²) in [5.74, 6) is -0.794. The molecule has 1 unspecified atom stereocenters. The van der Waals surface area contributed by atoms with Gasteiger partial charge in [0.1, 0.15) is 6.04 Å². The summed E-state index contributed by atoms with van der Waals surface area (Å²) in [6.45, 7) is 5.43. The Morgan fingerprint density at radius 1 is 1.16 bits per heavy atom. The van der Waals surface area contributed by atoms with Crippen LogP contribution in [0.25, 0.3) is 10.2 Å². The number of amides is 1. The molecule has 3 rings (SSSR count). The van der Waals surface area contributed by atoms with Gasteiger partial charge in [0, 0.05) is 5.69 Å². The Balaban J connectivity index is 1.84. The van der Waals surface area contributed by atoms with Crippen molar-refractivity contribution in [1.29, 1.82) is 0 Å². The summed E-state index contributed by atoms with van der Waals surface area (Å²) in [6.07, 6.45) is -4.40. The number of sulfonamides is 1. The van der Waals surface area contributed by atoms with E-state index in [1.165, 1.54) is 35.6 Å². The van der Waals surface area contributed by atoms with Gasteiger partial charge in [-0.05, 0) is 55.7 Å². The van der Waals surface area contributed by atoms with E-state index in [-0.39, 0.29) is 22.9 Å². The molecule has 11 heteroatoms. The van der Waals surface area contributed by atoms with Crippen LogP contribution in [-0.4, -0.2) is 25.4 Å². The number of anilines is 1. The molecule has 6 nitrogen and oxygen atoms in total. The second-order valence-corrected chi connectivity index (χ2v) is 10.7. The molecule has 0 aliphatic rings. The highest BCUT2D eigenvalue weighted by Crippen LogP contribution is 2.31. The lowest BCUT2D eigenvalue weighted by atomic mass is 10.0. The van der Waals surface area contributed by atoms with E-state index >= 15 is 0 Å². The zero-order chi connectivity index (χ0) is 23.7. The van der Waals surface area contributed by atoms with Gasteiger partial charge < -0.3 is 5.32 Å². The van der Waals surface area contributed by atoms with Gasteiger partial charge in [-0.1, -0.05) is 19.9 Å². The van der Waals surface area contributed by atoms with Crippen LogP contribution in [0.2, 0.25) is 0 Å². The van der Waals surface area contributed by atoms with E-state index in [4.69, 9.17) is 0 Å². The highest BCUT2D eigenvalue weighted by Gasteiger charge is 2.31. The molecular weight excluding hydrogens is 463 g/mol. The molecule has 0 spiro atoms. The molecule has 0 fully saturated rings. The molecule has 0 saturated carbocycles. The third-order valence-corrected chi connectivity index (χ3v) is 6.96. The van der Waals surface area contributed by atoms with Crippen LogP contribution >= 0.6 is 11.3 Å². The minimum Gasteiger partial charge on any atom is -0.325 e. The van der Waals surface area contributed by atoms with Crippen LogP contribution in [0.4, 0.5) is 18.9 Å². The summed E-state index contributed by atoms with van der Waals surface area (Å²) < 4.78 is 67.9. The number of hydrogen-bond donors (Lipinski definition) is 2. The molecule has 3 aromatic rings. The summed E-state index contributed by atoms with van der Waals surface area (Å²) in [6, 6.07) is 7.49. The molecule has 0 bridgehead atoms. The lowest BCUT2D eigenvalue weighted by Crippen LogP contribution is -2.44. The van der Waals surface area contributed by atoms with Crippen LogP contribution < -0.4 is 10.0 Å². The number of alkyl halides is 3. The van der Waals surface area contributed by atoms with Crippen LogP contribution in [0, 0.1) is 12.8 Å². The number of halogens is 3. The molecule has 172 valence electrons. The predicted molar refractivity (Wildman–Crippen MR) is 118 cm³/mol. The van der Waals surface area contributed by atoms with Gasteiger partial charge in [-0.3, -0.25) is 4.79 Å². The molecule has 0 aliphatic heterocycles. The number of thiazole rings is 1. The summed E-state index contributed by atoms with van der Waals surface area (Å²) in [4.78, 5) is 17.1. The van der Waals surface area contributed by atoms with Crippen molar-refractivity contribution in [3.8, 4) is 0 Å². The van der Waals surface area contributed by atoms with Gasteiger partial charge in [0.15, 0.2) is 0 Å². The maximum Gasteiger partial charge on any atom is 0.416 e. The average Bonchev–Trinajstić information content (AvgIpc) is 3.05. The van der Waals surface area contributed by atoms with E-state index in [0.29, 0.717) is 10.2 Å². The van der Waals surface area contributed by atoms with Crippen molar-refractivity contribution >= 4 is 43.2 Å². The Hall–Kier alpha value is -2.50. The number of aryl methyl sites for hydroxylation is 1. The first-order valence-corrected chi connectivity index (χ1v) is 12.0. The normalized spacial score (nSPS) is 13.5. The number of aromatic nitrogens is 1. The minimum atomic E-state index is -4.56. The largest absolute Gasteiger partial charge is 0.416 e. The van der Waals surface area contributed by atoms with E-state index in [2.05, 4.69) is 15.0 Å². The van der Waals surface area contributed by atoms with E-state index in [9.17, 15) is 26.4 Å². The van der Waals surface area contributed by atoms with Crippen molar-refractivity contribution in [2.24, 2.45) is 5.92 Å². The topological polar surface area (TPSA) is 88.2 Å². The Kier molecular flexibility index (Phi) is 6.91. The predicted octanol–water partition coefficient (Wildman–Crippen LogP) is 4.96. The fraction of sp³-hybridized carbons (Fsp3) is 0.333. The zero-order valence-corrected chi connectivity index (χ0v) is 19.2. The second kappa shape index (κ2) is 9.16. The zero-order valence-electron chi connectivity index (χ0n) is 17.5. The van der Waals surface area contributed by atoms with Crippen LogP contribution in [0.3, 0.4) is 0 Å². The number of hydrogen-bond acceptors (Lipinski definition) is 5. The van der Waals surface area contributed by atoms with Crippen LogP contribution in [-0.2, 0) is 21.0 Å². The van der Waals surface area contributed by atoms with Crippen molar-refractivity contribution in [2.75, 3.05) is 5.32 Å². The van der Waals surface area contributed by atoms with Crippen molar-refractivity contribution in [3.05, 3.63) is 53.0 Å². The number of carbonyl (C=O) groups excluding carboxylic acids is 1. The maximum absolute atomic E-state index is 13.0. The summed E-state index contributed by atoms with van der Waals surface area (Å²) >= 11 is 1.35. The van der Waals surface area contributed by atoms with E-state index in [1.807, 2.05) is 20.8 Å². The molecule has 0 saturated heterocycles. The van der Waals surface area contributed by atoms with E-state index in [0.717, 1.165) is 17.1 Å². The third kappa shape index (κ3) is 5.84. The number of carbonyl (C=O) groups is 1. The molecule has 2 aromatic carbocycles. The van der Waals surface area contributed by atoms with E-state index in [1.54, 1.807) is 6.07 Å². The average molecular weight is 486 g/mol. The van der Waals surface area contributed by atoms with Gasteiger partial charge in [-0.25, -0.2) is 13.4 Å². The third-order valence-electron chi connectivity index (χ3n) is 4.56. The maximum atomic E-state index is 13.0. The van der Waals surface area contributed by atoms with Crippen molar-refractivity contribution < 1.29 is 26.4 Å². The van der Waals surface area contributed by atoms with Gasteiger partial charge >= 0.3 is 6.18 Å². The first-order valence-electron chi connectivity index (χ1n) is 9.73. The Bertz CT molecular complexity index is 1240. The highest BCUT2D eigenvalue weighted by molar-refractivity contribution is 7.89. The SMILES string of the molecule is Cc1nc2ccc(S(=O)(=O)NC(CC(C)C)C(=O)Nc3cccc(C(F)(F)F)c3)cc2s1. The molecule has 1 amide bonds. The summed E-state index contributed by atoms with van der Waals surface area (Å²) in [5, 5.41) is 3.19. The minimum absolute atomic E-state index is 0.0192. The molecule has 1 aromatic heterocycles. The monoisotopic (exact) mass is 485 g/mol. The first kappa shape index (κ1) is 24.1. The molecule has 2 N–H and O–H groups in total. The van der Waals surface area contributed by atoms with Crippen molar-refractivity contribution in [2.45, 2.75) is 44.3 Å². The van der Waals surface area contributed by atoms with Gasteiger partial charge in [-0.15, -0.1) is 11.3 Å². The quantitative estimate of drug-likeness (QED) is 0.495. The van der Waals surface area contributed by atoms with Crippen molar-refractivity contribution in [1.82, 2.24) is 9.71 Å². The lowest BCUT2D eigenvalue weighted by Gasteiger charge is -2.20. The molecule has 1 atom stereocenters.